The van der Waals surface area contributed by atoms with Gasteiger partial charge in [0.1, 0.15) is 13.2 Å². The Kier molecular flexibility index (Phi) is 4.09. The second-order valence-corrected chi connectivity index (χ2v) is 6.96. The van der Waals surface area contributed by atoms with Crippen LogP contribution in [-0.2, 0) is 0 Å². The normalized spacial score (nSPS) is 21.1. The first kappa shape index (κ1) is 14.7. The molecule has 1 aromatic carbocycles. The van der Waals surface area contributed by atoms with Gasteiger partial charge in [0.05, 0.1) is 0 Å². The van der Waals surface area contributed by atoms with Crippen molar-refractivity contribution in [2.24, 2.45) is 5.41 Å². The van der Waals surface area contributed by atoms with Crippen LogP contribution >= 0.6 is 0 Å². The number of ether oxygens (including phenoxy) is 2. The number of hydrogen-bond acceptors (Lipinski definition) is 4. The van der Waals surface area contributed by atoms with Gasteiger partial charge in [0.25, 0.3) is 0 Å². The molecule has 4 nitrogen and oxygen atoms in total. The van der Waals surface area contributed by atoms with Gasteiger partial charge in [-0.15, -0.1) is 0 Å². The Bertz CT molecular complexity index is 490. The molecule has 0 aromatic heterocycles. The average Bonchev–Trinajstić information content (AvgIpc) is 2.47. The maximum absolute atomic E-state index is 5.76. The van der Waals surface area contributed by atoms with Gasteiger partial charge in [-0.3, -0.25) is 4.90 Å². The van der Waals surface area contributed by atoms with Gasteiger partial charge in [-0.2, -0.15) is 0 Å². The molecule has 116 valence electrons. The van der Waals surface area contributed by atoms with Gasteiger partial charge in [-0.05, 0) is 23.1 Å². The van der Waals surface area contributed by atoms with Gasteiger partial charge in [-0.1, -0.05) is 26.8 Å². The van der Waals surface area contributed by atoms with Crippen LogP contribution in [0.1, 0.15) is 32.4 Å². The molecule has 4 heteroatoms. The molecule has 1 saturated heterocycles. The molecule has 1 aromatic rings. The van der Waals surface area contributed by atoms with Crippen LogP contribution in [0.5, 0.6) is 11.5 Å². The van der Waals surface area contributed by atoms with E-state index in [0.29, 0.717) is 19.3 Å². The monoisotopic (exact) mass is 290 g/mol. The highest BCUT2D eigenvalue weighted by Crippen LogP contribution is 2.41. The van der Waals surface area contributed by atoms with Gasteiger partial charge in [0.2, 0.25) is 0 Å². The molecule has 0 unspecified atom stereocenters. The van der Waals surface area contributed by atoms with Gasteiger partial charge < -0.3 is 14.8 Å². The molecular weight excluding hydrogens is 264 g/mol. The first-order valence-electron chi connectivity index (χ1n) is 7.90. The average molecular weight is 290 g/mol. The standard InChI is InChI=1S/C17H26N2O2/c1-17(2,3)16(19-8-6-18-7-9-19)13-4-5-14-15(12-13)21-11-10-20-14/h4-5,12,16,18H,6-11H2,1-3H3/t16-/m0/s1. The third-order valence-corrected chi connectivity index (χ3v) is 4.22. The van der Waals surface area contributed by atoms with E-state index in [1.807, 2.05) is 0 Å². The first-order chi connectivity index (χ1) is 10.1. The Hall–Kier alpha value is -1.26. The quantitative estimate of drug-likeness (QED) is 0.907. The van der Waals surface area contributed by atoms with Crippen molar-refractivity contribution in [3.63, 3.8) is 0 Å². The van der Waals surface area contributed by atoms with Crippen molar-refractivity contribution >= 4 is 0 Å². The molecule has 2 aliphatic rings. The maximum Gasteiger partial charge on any atom is 0.161 e. The van der Waals surface area contributed by atoms with Crippen molar-refractivity contribution in [2.45, 2.75) is 26.8 Å². The second-order valence-electron chi connectivity index (χ2n) is 6.96. The first-order valence-corrected chi connectivity index (χ1v) is 7.90. The fourth-order valence-electron chi connectivity index (χ4n) is 3.43. The summed E-state index contributed by atoms with van der Waals surface area (Å²) in [7, 11) is 0. The molecule has 2 heterocycles. The number of hydrogen-bond donors (Lipinski definition) is 1. The van der Waals surface area contributed by atoms with Crippen LogP contribution < -0.4 is 14.8 Å². The number of piperazine rings is 1. The molecule has 0 radical (unpaired) electrons. The summed E-state index contributed by atoms with van der Waals surface area (Å²) in [5.41, 5.74) is 1.51. The van der Waals surface area contributed by atoms with Crippen LogP contribution in [0.15, 0.2) is 18.2 Å². The summed E-state index contributed by atoms with van der Waals surface area (Å²) in [5, 5.41) is 3.44. The van der Waals surface area contributed by atoms with Crippen LogP contribution in [0.3, 0.4) is 0 Å². The van der Waals surface area contributed by atoms with Crippen molar-refractivity contribution in [3.05, 3.63) is 23.8 Å². The molecule has 1 atom stereocenters. The molecular formula is C17H26N2O2. The van der Waals surface area contributed by atoms with Crippen LogP contribution in [-0.4, -0.2) is 44.3 Å². The Morgan fingerprint density at radius 2 is 1.71 bits per heavy atom. The SMILES string of the molecule is CC(C)(C)[C@H](c1ccc2c(c1)OCCO2)N1CCNCC1. The number of rotatable bonds is 2. The third-order valence-electron chi connectivity index (χ3n) is 4.22. The van der Waals surface area contributed by atoms with E-state index in [1.54, 1.807) is 0 Å². The summed E-state index contributed by atoms with van der Waals surface area (Å²) < 4.78 is 11.4. The fourth-order valence-corrected chi connectivity index (χ4v) is 3.43. The predicted octanol–water partition coefficient (Wildman–Crippen LogP) is 2.45. The van der Waals surface area contributed by atoms with E-state index in [1.165, 1.54) is 5.56 Å². The number of nitrogens with one attached hydrogen (secondary N) is 1. The molecule has 2 aliphatic heterocycles. The topological polar surface area (TPSA) is 33.7 Å². The van der Waals surface area contributed by atoms with E-state index in [2.05, 4.69) is 49.2 Å². The Labute approximate surface area is 127 Å². The van der Waals surface area contributed by atoms with Gasteiger partial charge in [0.15, 0.2) is 11.5 Å². The molecule has 21 heavy (non-hydrogen) atoms. The van der Waals surface area contributed by atoms with E-state index >= 15 is 0 Å². The summed E-state index contributed by atoms with van der Waals surface area (Å²) in [6.45, 7) is 12.6. The van der Waals surface area contributed by atoms with Crippen LogP contribution in [0, 0.1) is 5.41 Å². The van der Waals surface area contributed by atoms with Crippen molar-refractivity contribution in [3.8, 4) is 11.5 Å². The molecule has 1 N–H and O–H groups in total. The Morgan fingerprint density at radius 3 is 2.38 bits per heavy atom. The van der Waals surface area contributed by atoms with Crippen LogP contribution in [0.2, 0.25) is 0 Å². The molecule has 0 saturated carbocycles. The fraction of sp³-hybridized carbons (Fsp3) is 0.647. The second kappa shape index (κ2) is 5.85. The van der Waals surface area contributed by atoms with Crippen LogP contribution in [0.25, 0.3) is 0 Å². The van der Waals surface area contributed by atoms with Gasteiger partial charge in [0, 0.05) is 32.2 Å². The molecule has 0 amide bonds. The lowest BCUT2D eigenvalue weighted by Gasteiger charge is -2.42. The van der Waals surface area contributed by atoms with Crippen molar-refractivity contribution in [1.29, 1.82) is 0 Å². The zero-order chi connectivity index (χ0) is 14.9. The predicted molar refractivity (Wildman–Crippen MR) is 84.1 cm³/mol. The van der Waals surface area contributed by atoms with E-state index in [9.17, 15) is 0 Å². The summed E-state index contributed by atoms with van der Waals surface area (Å²) in [5.74, 6) is 1.76. The Balaban J connectivity index is 1.92. The van der Waals surface area contributed by atoms with E-state index in [4.69, 9.17) is 9.47 Å². The minimum absolute atomic E-state index is 0.182. The molecule has 0 aliphatic carbocycles. The number of nitrogens with zero attached hydrogens (tertiary/aromatic N) is 1. The van der Waals surface area contributed by atoms with E-state index in [0.717, 1.165) is 37.7 Å². The highest BCUT2D eigenvalue weighted by Gasteiger charge is 2.33. The van der Waals surface area contributed by atoms with Crippen LogP contribution in [0.4, 0.5) is 0 Å². The van der Waals surface area contributed by atoms with Crippen molar-refractivity contribution < 1.29 is 9.47 Å². The highest BCUT2D eigenvalue weighted by atomic mass is 16.6. The number of fused-ring (bicyclic) bond motifs is 1. The molecule has 1 fully saturated rings. The minimum atomic E-state index is 0.182. The smallest absolute Gasteiger partial charge is 0.161 e. The summed E-state index contributed by atoms with van der Waals surface area (Å²) in [6.07, 6.45) is 0. The Morgan fingerprint density at radius 1 is 1.05 bits per heavy atom. The van der Waals surface area contributed by atoms with E-state index in [-0.39, 0.29) is 5.41 Å². The third kappa shape index (κ3) is 3.16. The van der Waals surface area contributed by atoms with Gasteiger partial charge in [-0.25, -0.2) is 0 Å². The summed E-state index contributed by atoms with van der Waals surface area (Å²) in [4.78, 5) is 2.59. The highest BCUT2D eigenvalue weighted by molar-refractivity contribution is 5.45. The summed E-state index contributed by atoms with van der Waals surface area (Å²) >= 11 is 0. The maximum atomic E-state index is 5.76. The minimum Gasteiger partial charge on any atom is -0.486 e. The lowest BCUT2D eigenvalue weighted by molar-refractivity contribution is 0.0855. The van der Waals surface area contributed by atoms with Gasteiger partial charge >= 0.3 is 0 Å². The zero-order valence-corrected chi connectivity index (χ0v) is 13.3. The zero-order valence-electron chi connectivity index (χ0n) is 13.3. The molecule has 3 rings (SSSR count). The molecule has 0 bridgehead atoms. The lowest BCUT2D eigenvalue weighted by atomic mass is 9.81. The number of benzene rings is 1. The van der Waals surface area contributed by atoms with Crippen molar-refractivity contribution in [2.75, 3.05) is 39.4 Å². The van der Waals surface area contributed by atoms with Crippen molar-refractivity contribution in [1.82, 2.24) is 10.2 Å². The van der Waals surface area contributed by atoms with E-state index < -0.39 is 0 Å². The summed E-state index contributed by atoms with van der Waals surface area (Å²) in [6, 6.07) is 6.83. The largest absolute Gasteiger partial charge is 0.486 e. The molecule has 0 spiro atoms. The lowest BCUT2D eigenvalue weighted by Crippen LogP contribution is -2.48.